The van der Waals surface area contributed by atoms with Gasteiger partial charge in [-0.15, -0.1) is 0 Å². The van der Waals surface area contributed by atoms with E-state index in [1.54, 1.807) is 23.7 Å². The highest BCUT2D eigenvalue weighted by atomic mass is 32.1. The minimum absolute atomic E-state index is 0.361. The van der Waals surface area contributed by atoms with Crippen molar-refractivity contribution in [1.82, 2.24) is 9.78 Å². The number of nitrogens with zero attached hydrogens (tertiary/aromatic N) is 2. The van der Waals surface area contributed by atoms with Gasteiger partial charge in [0.2, 0.25) is 0 Å². The highest BCUT2D eigenvalue weighted by Gasteiger charge is 2.05. The number of hydrogen-bond acceptors (Lipinski definition) is 3. The van der Waals surface area contributed by atoms with Crippen LogP contribution in [-0.2, 0) is 13.1 Å². The van der Waals surface area contributed by atoms with Gasteiger partial charge in [0.1, 0.15) is 6.54 Å². The molecule has 0 spiro atoms. The van der Waals surface area contributed by atoms with Crippen LogP contribution in [0.15, 0.2) is 29.2 Å². The molecule has 0 atom stereocenters. The molecule has 2 aromatic rings. The second kappa shape index (κ2) is 5.07. The van der Waals surface area contributed by atoms with Crippen molar-refractivity contribution < 1.29 is 8.78 Å². The van der Waals surface area contributed by atoms with Crippen molar-refractivity contribution >= 4 is 17.0 Å². The second-order valence-electron chi connectivity index (χ2n) is 3.33. The smallest absolute Gasteiger partial charge is 0.257 e. The third-order valence-corrected chi connectivity index (χ3v) is 2.77. The molecule has 0 saturated carbocycles. The molecule has 0 fully saturated rings. The monoisotopic (exact) mass is 243 g/mol. The zero-order valence-corrected chi connectivity index (χ0v) is 9.25. The zero-order chi connectivity index (χ0) is 11.4. The van der Waals surface area contributed by atoms with Crippen molar-refractivity contribution in [3.8, 4) is 0 Å². The number of nitrogens with one attached hydrogen (secondary N) is 1. The molecule has 2 rings (SSSR count). The summed E-state index contributed by atoms with van der Waals surface area (Å²) in [5, 5.41) is 11.0. The predicted octanol–water partition coefficient (Wildman–Crippen LogP) is 2.82. The Morgan fingerprint density at radius 3 is 3.06 bits per heavy atom. The summed E-state index contributed by atoms with van der Waals surface area (Å²) >= 11 is 1.63. The molecule has 0 radical (unpaired) electrons. The average molecular weight is 243 g/mol. The van der Waals surface area contributed by atoms with Crippen LogP contribution in [0, 0.1) is 0 Å². The Balaban J connectivity index is 1.88. The molecule has 0 aliphatic heterocycles. The maximum absolute atomic E-state index is 12.1. The first-order valence-corrected chi connectivity index (χ1v) is 5.74. The van der Waals surface area contributed by atoms with Gasteiger partial charge in [0.05, 0.1) is 11.9 Å². The van der Waals surface area contributed by atoms with Crippen LogP contribution in [0.5, 0.6) is 0 Å². The molecule has 0 amide bonds. The van der Waals surface area contributed by atoms with Gasteiger partial charge in [-0.1, -0.05) is 0 Å². The van der Waals surface area contributed by atoms with Crippen molar-refractivity contribution in [2.45, 2.75) is 19.5 Å². The lowest BCUT2D eigenvalue weighted by Crippen LogP contribution is -2.06. The minimum atomic E-state index is -2.37. The maximum Gasteiger partial charge on any atom is 0.257 e. The summed E-state index contributed by atoms with van der Waals surface area (Å²) in [7, 11) is 0. The standard InChI is InChI=1S/C10H11F2N3S/c11-10(12)6-15-5-9(4-14-15)13-3-8-1-2-16-7-8/h1-2,4-5,7,10,13H,3,6H2. The summed E-state index contributed by atoms with van der Waals surface area (Å²) in [5.41, 5.74) is 1.93. The quantitative estimate of drug-likeness (QED) is 0.875. The SMILES string of the molecule is FC(F)Cn1cc(NCc2ccsc2)cn1. The molecule has 0 aromatic carbocycles. The average Bonchev–Trinajstić information content (AvgIpc) is 2.84. The fourth-order valence-corrected chi connectivity index (χ4v) is 1.96. The van der Waals surface area contributed by atoms with Gasteiger partial charge in [-0.05, 0) is 22.4 Å². The Hall–Kier alpha value is -1.43. The Kier molecular flexibility index (Phi) is 3.51. The molecule has 86 valence electrons. The Bertz CT molecular complexity index is 425. The molecule has 0 saturated heterocycles. The fourth-order valence-electron chi connectivity index (χ4n) is 1.29. The first-order valence-electron chi connectivity index (χ1n) is 4.79. The Morgan fingerprint density at radius 1 is 1.50 bits per heavy atom. The topological polar surface area (TPSA) is 29.9 Å². The molecular formula is C10H11F2N3S. The zero-order valence-electron chi connectivity index (χ0n) is 8.44. The van der Waals surface area contributed by atoms with Crippen molar-refractivity contribution in [3.05, 3.63) is 34.8 Å². The highest BCUT2D eigenvalue weighted by molar-refractivity contribution is 7.07. The van der Waals surface area contributed by atoms with Crippen LogP contribution >= 0.6 is 11.3 Å². The highest BCUT2D eigenvalue weighted by Crippen LogP contribution is 2.11. The van der Waals surface area contributed by atoms with Crippen LogP contribution in [0.3, 0.4) is 0 Å². The first kappa shape index (κ1) is 11.1. The number of hydrogen-bond donors (Lipinski definition) is 1. The molecule has 0 aliphatic carbocycles. The van der Waals surface area contributed by atoms with Crippen LogP contribution < -0.4 is 5.32 Å². The fraction of sp³-hybridized carbons (Fsp3) is 0.300. The van der Waals surface area contributed by atoms with E-state index in [0.717, 1.165) is 5.69 Å². The van der Waals surface area contributed by atoms with E-state index in [9.17, 15) is 8.78 Å². The Labute approximate surface area is 95.7 Å². The number of halogens is 2. The van der Waals surface area contributed by atoms with Crippen molar-refractivity contribution in [3.63, 3.8) is 0 Å². The maximum atomic E-state index is 12.1. The van der Waals surface area contributed by atoms with Crippen LogP contribution in [0.2, 0.25) is 0 Å². The molecule has 3 nitrogen and oxygen atoms in total. The molecule has 16 heavy (non-hydrogen) atoms. The second-order valence-corrected chi connectivity index (χ2v) is 4.11. The summed E-state index contributed by atoms with van der Waals surface area (Å²) in [6.45, 7) is 0.323. The van der Waals surface area contributed by atoms with E-state index in [1.807, 2.05) is 16.8 Å². The van der Waals surface area contributed by atoms with Gasteiger partial charge in [-0.3, -0.25) is 4.68 Å². The van der Waals surface area contributed by atoms with Crippen LogP contribution in [-0.4, -0.2) is 16.2 Å². The van der Waals surface area contributed by atoms with Gasteiger partial charge in [0.15, 0.2) is 0 Å². The summed E-state index contributed by atoms with van der Waals surface area (Å²) < 4.78 is 25.4. The Morgan fingerprint density at radius 2 is 2.38 bits per heavy atom. The molecule has 6 heteroatoms. The van der Waals surface area contributed by atoms with E-state index in [0.29, 0.717) is 6.54 Å². The number of anilines is 1. The van der Waals surface area contributed by atoms with Gasteiger partial charge in [-0.25, -0.2) is 8.78 Å². The van der Waals surface area contributed by atoms with Gasteiger partial charge >= 0.3 is 0 Å². The van der Waals surface area contributed by atoms with Gasteiger partial charge in [-0.2, -0.15) is 16.4 Å². The van der Waals surface area contributed by atoms with E-state index in [-0.39, 0.29) is 6.54 Å². The first-order chi connectivity index (χ1) is 7.74. The molecular weight excluding hydrogens is 232 g/mol. The lowest BCUT2D eigenvalue weighted by atomic mass is 10.3. The molecule has 0 aliphatic rings. The number of rotatable bonds is 5. The third kappa shape index (κ3) is 3.03. The number of alkyl halides is 2. The minimum Gasteiger partial charge on any atom is -0.378 e. The summed E-state index contributed by atoms with van der Waals surface area (Å²) in [5.74, 6) is 0. The van der Waals surface area contributed by atoms with Crippen molar-refractivity contribution in [1.29, 1.82) is 0 Å². The number of thiophene rings is 1. The van der Waals surface area contributed by atoms with Gasteiger partial charge in [0.25, 0.3) is 6.43 Å². The summed E-state index contributed by atoms with van der Waals surface area (Å²) in [6, 6.07) is 2.02. The molecule has 1 N–H and O–H groups in total. The van der Waals surface area contributed by atoms with Crippen LogP contribution in [0.25, 0.3) is 0 Å². The van der Waals surface area contributed by atoms with Crippen LogP contribution in [0.1, 0.15) is 5.56 Å². The molecule has 2 aromatic heterocycles. The lowest BCUT2D eigenvalue weighted by Gasteiger charge is -2.00. The van der Waals surface area contributed by atoms with E-state index in [1.165, 1.54) is 10.2 Å². The summed E-state index contributed by atoms with van der Waals surface area (Å²) in [4.78, 5) is 0. The van der Waals surface area contributed by atoms with E-state index in [2.05, 4.69) is 10.4 Å². The van der Waals surface area contributed by atoms with E-state index >= 15 is 0 Å². The van der Waals surface area contributed by atoms with Crippen LogP contribution in [0.4, 0.5) is 14.5 Å². The predicted molar refractivity (Wildman–Crippen MR) is 59.9 cm³/mol. The normalized spacial score (nSPS) is 10.9. The third-order valence-electron chi connectivity index (χ3n) is 2.04. The van der Waals surface area contributed by atoms with Gasteiger partial charge in [0, 0.05) is 12.7 Å². The summed E-state index contributed by atoms with van der Waals surface area (Å²) in [6.07, 6.45) is 0.762. The molecule has 0 unspecified atom stereocenters. The largest absolute Gasteiger partial charge is 0.378 e. The lowest BCUT2D eigenvalue weighted by molar-refractivity contribution is 0.122. The van der Waals surface area contributed by atoms with Gasteiger partial charge < -0.3 is 5.32 Å². The molecule has 0 bridgehead atoms. The van der Waals surface area contributed by atoms with Crippen molar-refractivity contribution in [2.75, 3.05) is 5.32 Å². The van der Waals surface area contributed by atoms with E-state index < -0.39 is 6.43 Å². The van der Waals surface area contributed by atoms with E-state index in [4.69, 9.17) is 0 Å². The molecule has 2 heterocycles. The van der Waals surface area contributed by atoms with Crippen molar-refractivity contribution in [2.24, 2.45) is 0 Å². The number of aromatic nitrogens is 2.